The Balaban J connectivity index is 2.37. The maximum absolute atomic E-state index is 14.3. The minimum absolute atomic E-state index is 0.0636. The fourth-order valence-electron chi connectivity index (χ4n) is 1.86. The van der Waals surface area contributed by atoms with Crippen molar-refractivity contribution in [1.29, 1.82) is 0 Å². The number of ether oxygens (including phenoxy) is 1. The van der Waals surface area contributed by atoms with Gasteiger partial charge in [0.1, 0.15) is 0 Å². The van der Waals surface area contributed by atoms with E-state index in [-0.39, 0.29) is 18.6 Å². The summed E-state index contributed by atoms with van der Waals surface area (Å²) >= 11 is 0. The predicted molar refractivity (Wildman–Crippen MR) is 54.9 cm³/mol. The molecule has 1 aromatic carbocycles. The Labute approximate surface area is 92.2 Å². The highest BCUT2D eigenvalue weighted by molar-refractivity contribution is 6.18. The number of carbonyl (C=O) groups is 2. The second-order valence-electron chi connectivity index (χ2n) is 3.68. The number of hydrogen-bond donors (Lipinski definition) is 0. The Kier molecular flexibility index (Phi) is 2.50. The number of rotatable bonds is 2. The molecule has 0 amide bonds. The molecule has 0 aliphatic heterocycles. The van der Waals surface area contributed by atoms with Gasteiger partial charge >= 0.3 is 5.97 Å². The highest BCUT2D eigenvalue weighted by Gasteiger charge is 2.53. The van der Waals surface area contributed by atoms with Crippen LogP contribution in [0.2, 0.25) is 0 Å². The van der Waals surface area contributed by atoms with Crippen LogP contribution >= 0.6 is 0 Å². The fourth-order valence-corrected chi connectivity index (χ4v) is 1.86. The Hall–Kier alpha value is -1.71. The fraction of sp³-hybridized carbons (Fsp3) is 0.333. The van der Waals surface area contributed by atoms with Crippen molar-refractivity contribution in [1.82, 2.24) is 0 Å². The van der Waals surface area contributed by atoms with Gasteiger partial charge in [-0.05, 0) is 12.5 Å². The summed E-state index contributed by atoms with van der Waals surface area (Å²) in [6, 6.07) is 6.53. The molecule has 1 aromatic rings. The molecule has 0 fully saturated rings. The lowest BCUT2D eigenvalue weighted by atomic mass is 10.0. The molecule has 0 heterocycles. The molecule has 16 heavy (non-hydrogen) atoms. The van der Waals surface area contributed by atoms with Crippen LogP contribution < -0.4 is 0 Å². The van der Waals surface area contributed by atoms with Crippen LogP contribution in [0.3, 0.4) is 0 Å². The second-order valence-corrected chi connectivity index (χ2v) is 3.68. The average molecular weight is 222 g/mol. The monoisotopic (exact) mass is 222 g/mol. The molecule has 0 spiro atoms. The largest absolute Gasteiger partial charge is 0.463 e. The summed E-state index contributed by atoms with van der Waals surface area (Å²) in [5.74, 6) is -1.88. The molecule has 0 bridgehead atoms. The zero-order valence-electron chi connectivity index (χ0n) is 8.83. The summed E-state index contributed by atoms with van der Waals surface area (Å²) < 4.78 is 18.9. The second kappa shape index (κ2) is 3.70. The summed E-state index contributed by atoms with van der Waals surface area (Å²) in [5, 5.41) is 0. The lowest BCUT2D eigenvalue weighted by molar-refractivity contribution is -0.153. The first kappa shape index (κ1) is 10.8. The first-order valence-electron chi connectivity index (χ1n) is 5.08. The van der Waals surface area contributed by atoms with Gasteiger partial charge in [0.05, 0.1) is 6.61 Å². The molecular weight excluding hydrogens is 211 g/mol. The minimum atomic E-state index is -2.53. The summed E-state index contributed by atoms with van der Waals surface area (Å²) in [4.78, 5) is 23.2. The van der Waals surface area contributed by atoms with E-state index in [4.69, 9.17) is 0 Å². The number of alkyl halides is 1. The summed E-state index contributed by atoms with van der Waals surface area (Å²) in [6.07, 6.45) is -0.221. The maximum Gasteiger partial charge on any atom is 0.352 e. The molecule has 3 nitrogen and oxygen atoms in total. The molecule has 2 rings (SSSR count). The van der Waals surface area contributed by atoms with Crippen molar-refractivity contribution in [2.75, 3.05) is 6.61 Å². The summed E-state index contributed by atoms with van der Waals surface area (Å²) in [5.41, 5.74) is -1.69. The normalized spacial score (nSPS) is 23.0. The van der Waals surface area contributed by atoms with Gasteiger partial charge in [-0.3, -0.25) is 4.79 Å². The van der Waals surface area contributed by atoms with Crippen LogP contribution in [0.15, 0.2) is 24.3 Å². The van der Waals surface area contributed by atoms with E-state index in [1.54, 1.807) is 25.1 Å². The van der Waals surface area contributed by atoms with Crippen molar-refractivity contribution in [2.24, 2.45) is 0 Å². The van der Waals surface area contributed by atoms with E-state index in [1.165, 1.54) is 6.07 Å². The topological polar surface area (TPSA) is 43.4 Å². The molecule has 4 heteroatoms. The van der Waals surface area contributed by atoms with Crippen LogP contribution in [-0.2, 0) is 16.0 Å². The lowest BCUT2D eigenvalue weighted by Crippen LogP contribution is -2.41. The van der Waals surface area contributed by atoms with E-state index in [9.17, 15) is 14.0 Å². The standard InChI is InChI=1S/C12H11FO3/c1-2-16-11(15)12(13)7-8-5-3-4-6-9(8)10(12)14/h3-6H,2,7H2,1H3. The number of halogens is 1. The molecule has 0 radical (unpaired) electrons. The third kappa shape index (κ3) is 1.41. The summed E-state index contributed by atoms with van der Waals surface area (Å²) in [6.45, 7) is 1.64. The lowest BCUT2D eigenvalue weighted by Gasteiger charge is -2.14. The SMILES string of the molecule is CCOC(=O)C1(F)Cc2ccccc2C1=O. The van der Waals surface area contributed by atoms with Gasteiger partial charge in [0.15, 0.2) is 0 Å². The molecule has 0 saturated carbocycles. The van der Waals surface area contributed by atoms with Gasteiger partial charge < -0.3 is 4.74 Å². The molecule has 1 atom stereocenters. The third-order valence-electron chi connectivity index (χ3n) is 2.65. The van der Waals surface area contributed by atoms with E-state index in [0.29, 0.717) is 5.56 Å². The first-order chi connectivity index (χ1) is 7.59. The molecule has 84 valence electrons. The third-order valence-corrected chi connectivity index (χ3v) is 2.65. The molecule has 1 aliphatic carbocycles. The number of fused-ring (bicyclic) bond motifs is 1. The molecule has 0 aromatic heterocycles. The number of hydrogen-bond acceptors (Lipinski definition) is 3. The number of esters is 1. The van der Waals surface area contributed by atoms with Crippen molar-refractivity contribution in [3.05, 3.63) is 35.4 Å². The Morgan fingerprint density at radius 1 is 1.50 bits per heavy atom. The Morgan fingerprint density at radius 2 is 2.19 bits per heavy atom. The van der Waals surface area contributed by atoms with E-state index >= 15 is 0 Å². The van der Waals surface area contributed by atoms with Crippen LogP contribution in [0.1, 0.15) is 22.8 Å². The molecular formula is C12H11FO3. The van der Waals surface area contributed by atoms with Crippen LogP contribution in [0.5, 0.6) is 0 Å². The maximum atomic E-state index is 14.3. The van der Waals surface area contributed by atoms with Gasteiger partial charge in [-0.15, -0.1) is 0 Å². The van der Waals surface area contributed by atoms with Crippen molar-refractivity contribution in [3.63, 3.8) is 0 Å². The zero-order chi connectivity index (χ0) is 11.8. The molecule has 0 N–H and O–H groups in total. The van der Waals surface area contributed by atoms with Crippen LogP contribution in [-0.4, -0.2) is 24.0 Å². The van der Waals surface area contributed by atoms with E-state index < -0.39 is 17.4 Å². The van der Waals surface area contributed by atoms with Crippen molar-refractivity contribution in [3.8, 4) is 0 Å². The van der Waals surface area contributed by atoms with Gasteiger partial charge in [0.2, 0.25) is 5.78 Å². The molecule has 0 saturated heterocycles. The highest BCUT2D eigenvalue weighted by Crippen LogP contribution is 2.34. The first-order valence-corrected chi connectivity index (χ1v) is 5.08. The minimum Gasteiger partial charge on any atom is -0.463 e. The number of ketones is 1. The zero-order valence-corrected chi connectivity index (χ0v) is 8.83. The average Bonchev–Trinajstić information content (AvgIpc) is 2.54. The van der Waals surface area contributed by atoms with Gasteiger partial charge in [0, 0.05) is 12.0 Å². The van der Waals surface area contributed by atoms with Crippen LogP contribution in [0, 0.1) is 0 Å². The number of benzene rings is 1. The number of carbonyl (C=O) groups excluding carboxylic acids is 2. The van der Waals surface area contributed by atoms with Crippen molar-refractivity contribution in [2.45, 2.75) is 19.0 Å². The Morgan fingerprint density at radius 3 is 2.81 bits per heavy atom. The summed E-state index contributed by atoms with van der Waals surface area (Å²) in [7, 11) is 0. The smallest absolute Gasteiger partial charge is 0.352 e. The van der Waals surface area contributed by atoms with Crippen LogP contribution in [0.25, 0.3) is 0 Å². The quantitative estimate of drug-likeness (QED) is 0.565. The van der Waals surface area contributed by atoms with Crippen molar-refractivity contribution >= 4 is 11.8 Å². The number of Topliss-reactive ketones (excluding diaryl/α,β-unsaturated/α-hetero) is 1. The highest BCUT2D eigenvalue weighted by atomic mass is 19.1. The van der Waals surface area contributed by atoms with Crippen LogP contribution in [0.4, 0.5) is 4.39 Å². The van der Waals surface area contributed by atoms with Gasteiger partial charge in [-0.2, -0.15) is 0 Å². The molecule has 1 unspecified atom stereocenters. The van der Waals surface area contributed by atoms with Gasteiger partial charge in [-0.25, -0.2) is 9.18 Å². The van der Waals surface area contributed by atoms with Crippen molar-refractivity contribution < 1.29 is 18.7 Å². The molecule has 1 aliphatic rings. The van der Waals surface area contributed by atoms with E-state index in [1.807, 2.05) is 0 Å². The van der Waals surface area contributed by atoms with E-state index in [2.05, 4.69) is 4.74 Å². The van der Waals surface area contributed by atoms with E-state index in [0.717, 1.165) is 0 Å². The Bertz CT molecular complexity index is 455. The van der Waals surface area contributed by atoms with Gasteiger partial charge in [-0.1, -0.05) is 24.3 Å². The van der Waals surface area contributed by atoms with Gasteiger partial charge in [0.25, 0.3) is 5.67 Å². The predicted octanol–water partition coefficient (Wildman–Crippen LogP) is 1.70.